The molecule has 4 rings (SSSR count). The number of pyridine rings is 1. The second kappa shape index (κ2) is 11.0. The van der Waals surface area contributed by atoms with Gasteiger partial charge in [0.15, 0.2) is 5.88 Å². The minimum Gasteiger partial charge on any atom is -0.503 e. The van der Waals surface area contributed by atoms with Gasteiger partial charge in [-0.3, -0.25) is 23.9 Å². The molecular formula is C29H32N4O4. The number of hydrogen-bond donors (Lipinski definition) is 1. The summed E-state index contributed by atoms with van der Waals surface area (Å²) in [7, 11) is 0. The number of nitrogens with zero attached hydrogens (tertiary/aromatic N) is 4. The number of aromatic nitrogens is 1. The van der Waals surface area contributed by atoms with Gasteiger partial charge in [-0.15, -0.1) is 0 Å². The first-order valence-corrected chi connectivity index (χ1v) is 13.0. The summed E-state index contributed by atoms with van der Waals surface area (Å²) < 4.78 is 1.35. The van der Waals surface area contributed by atoms with E-state index in [9.17, 15) is 24.8 Å². The molecule has 2 fully saturated rings. The molecule has 1 aliphatic heterocycles. The van der Waals surface area contributed by atoms with Crippen molar-refractivity contribution in [1.82, 2.24) is 9.47 Å². The molecule has 1 N–H and O–H groups in total. The summed E-state index contributed by atoms with van der Waals surface area (Å²) in [5.74, 6) is -1.26. The highest BCUT2D eigenvalue weighted by atomic mass is 16.3. The molecule has 0 saturated heterocycles. The van der Waals surface area contributed by atoms with Crippen molar-refractivity contribution in [2.45, 2.75) is 90.1 Å². The fourth-order valence-corrected chi connectivity index (χ4v) is 5.84. The standard InChI is InChI=1S/C29H32N4O4/c1-18-22(26(34)32(28(36)24(18)17-30)20-11-6-4-7-12-20)15-10-16-23-19(2)25(31-3)29(37)33(27(23)35)21-13-8-5-9-14-21/h10,15-16,20-21,37H,4-9,11-14H2,1-2H3/b16-10?,22-15-. The third-order valence-electron chi connectivity index (χ3n) is 7.94. The van der Waals surface area contributed by atoms with Crippen molar-refractivity contribution in [2.24, 2.45) is 0 Å². The van der Waals surface area contributed by atoms with E-state index in [0.717, 1.165) is 64.2 Å². The molecule has 37 heavy (non-hydrogen) atoms. The summed E-state index contributed by atoms with van der Waals surface area (Å²) in [5, 5.41) is 20.4. The van der Waals surface area contributed by atoms with E-state index in [2.05, 4.69) is 4.85 Å². The molecule has 0 radical (unpaired) electrons. The molecule has 3 aliphatic rings. The fourth-order valence-electron chi connectivity index (χ4n) is 5.84. The molecule has 1 aromatic rings. The second-order valence-electron chi connectivity index (χ2n) is 10.1. The highest BCUT2D eigenvalue weighted by Crippen LogP contribution is 2.37. The minimum absolute atomic E-state index is 0.0411. The van der Waals surface area contributed by atoms with Crippen LogP contribution < -0.4 is 5.56 Å². The van der Waals surface area contributed by atoms with Gasteiger partial charge in [0.05, 0.1) is 6.57 Å². The summed E-state index contributed by atoms with van der Waals surface area (Å²) in [4.78, 5) is 44.6. The normalized spacial score (nSPS) is 21.1. The van der Waals surface area contributed by atoms with Crippen molar-refractivity contribution < 1.29 is 14.7 Å². The van der Waals surface area contributed by atoms with Crippen LogP contribution in [-0.4, -0.2) is 32.4 Å². The first-order valence-electron chi connectivity index (χ1n) is 13.0. The van der Waals surface area contributed by atoms with Crippen LogP contribution in [0.1, 0.15) is 88.3 Å². The van der Waals surface area contributed by atoms with E-state index >= 15 is 0 Å². The lowest BCUT2D eigenvalue weighted by Gasteiger charge is -2.36. The lowest BCUT2D eigenvalue weighted by molar-refractivity contribution is -0.144. The first kappa shape index (κ1) is 26.2. The van der Waals surface area contributed by atoms with E-state index in [1.807, 2.05) is 6.07 Å². The van der Waals surface area contributed by atoms with Crippen LogP contribution >= 0.6 is 0 Å². The van der Waals surface area contributed by atoms with E-state index in [0.29, 0.717) is 11.1 Å². The van der Waals surface area contributed by atoms with Crippen LogP contribution in [0.5, 0.6) is 5.88 Å². The molecule has 2 saturated carbocycles. The van der Waals surface area contributed by atoms with Crippen LogP contribution in [0, 0.1) is 24.8 Å². The van der Waals surface area contributed by atoms with E-state index in [1.165, 1.54) is 15.5 Å². The Morgan fingerprint density at radius 1 is 0.973 bits per heavy atom. The van der Waals surface area contributed by atoms with Gasteiger partial charge in [-0.2, -0.15) is 5.26 Å². The number of hydrogen-bond acceptors (Lipinski definition) is 5. The van der Waals surface area contributed by atoms with Crippen LogP contribution in [-0.2, 0) is 9.59 Å². The Kier molecular flexibility index (Phi) is 7.78. The third-order valence-corrected chi connectivity index (χ3v) is 7.94. The van der Waals surface area contributed by atoms with Gasteiger partial charge >= 0.3 is 0 Å². The van der Waals surface area contributed by atoms with Crippen LogP contribution in [0.2, 0.25) is 0 Å². The Morgan fingerprint density at radius 2 is 1.57 bits per heavy atom. The van der Waals surface area contributed by atoms with Gasteiger partial charge in [-0.25, -0.2) is 4.85 Å². The Labute approximate surface area is 217 Å². The molecule has 2 amide bonds. The second-order valence-corrected chi connectivity index (χ2v) is 10.1. The summed E-state index contributed by atoms with van der Waals surface area (Å²) in [6.07, 6.45) is 13.6. The third kappa shape index (κ3) is 4.76. The van der Waals surface area contributed by atoms with Gasteiger partial charge in [-0.1, -0.05) is 50.7 Å². The summed E-state index contributed by atoms with van der Waals surface area (Å²) in [6.45, 7) is 10.8. The number of carbonyl (C=O) groups is 2. The molecule has 0 bridgehead atoms. The molecular weight excluding hydrogens is 468 g/mol. The zero-order valence-electron chi connectivity index (χ0n) is 21.4. The molecule has 8 heteroatoms. The van der Waals surface area contributed by atoms with Gasteiger partial charge in [-0.05, 0) is 56.7 Å². The van der Waals surface area contributed by atoms with E-state index < -0.39 is 11.8 Å². The fraction of sp³-hybridized carbons (Fsp3) is 0.483. The van der Waals surface area contributed by atoms with E-state index in [-0.39, 0.29) is 45.9 Å². The zero-order valence-corrected chi connectivity index (χ0v) is 21.4. The average Bonchev–Trinajstić information content (AvgIpc) is 2.89. The zero-order chi connectivity index (χ0) is 26.7. The number of imide groups is 1. The molecule has 0 aromatic carbocycles. The van der Waals surface area contributed by atoms with Gasteiger partial charge in [0.1, 0.15) is 11.6 Å². The maximum Gasteiger partial charge on any atom is 0.271 e. The molecule has 1 aromatic heterocycles. The van der Waals surface area contributed by atoms with Crippen molar-refractivity contribution in [1.29, 1.82) is 5.26 Å². The van der Waals surface area contributed by atoms with Crippen LogP contribution in [0.3, 0.4) is 0 Å². The minimum atomic E-state index is -0.538. The molecule has 0 spiro atoms. The number of allylic oxidation sites excluding steroid dienone is 2. The van der Waals surface area contributed by atoms with E-state index in [4.69, 9.17) is 6.57 Å². The number of amides is 2. The van der Waals surface area contributed by atoms with Crippen LogP contribution in [0.15, 0.2) is 33.7 Å². The number of rotatable bonds is 4. The maximum atomic E-state index is 13.4. The SMILES string of the molecule is [C-]#[N+]c1c(C)c(C=C/C=C2\C(=O)N(C3CCCCC3)C(=O)C(C#N)=C2C)c(=O)n(C2CCCCC2)c1O. The molecule has 192 valence electrons. The Morgan fingerprint density at radius 3 is 2.14 bits per heavy atom. The summed E-state index contributed by atoms with van der Waals surface area (Å²) in [5.41, 5.74) is 0.840. The topological polar surface area (TPSA) is 108 Å². The molecule has 8 nitrogen and oxygen atoms in total. The number of nitriles is 1. The highest BCUT2D eigenvalue weighted by Gasteiger charge is 2.39. The predicted octanol–water partition coefficient (Wildman–Crippen LogP) is 5.40. The van der Waals surface area contributed by atoms with Crippen molar-refractivity contribution >= 4 is 23.6 Å². The van der Waals surface area contributed by atoms with Crippen molar-refractivity contribution in [3.8, 4) is 11.9 Å². The summed E-state index contributed by atoms with van der Waals surface area (Å²) in [6, 6.07) is 1.59. The van der Waals surface area contributed by atoms with Gasteiger partial charge in [0.25, 0.3) is 17.4 Å². The lowest BCUT2D eigenvalue weighted by Crippen LogP contribution is -2.49. The Balaban J connectivity index is 1.76. The van der Waals surface area contributed by atoms with Gasteiger partial charge < -0.3 is 5.11 Å². The van der Waals surface area contributed by atoms with Crippen LogP contribution in [0.4, 0.5) is 5.69 Å². The quantitative estimate of drug-likeness (QED) is 0.338. The Hall–Kier alpha value is -3.91. The average molecular weight is 501 g/mol. The predicted molar refractivity (Wildman–Crippen MR) is 140 cm³/mol. The van der Waals surface area contributed by atoms with Crippen molar-refractivity contribution in [2.75, 3.05) is 0 Å². The highest BCUT2D eigenvalue weighted by molar-refractivity contribution is 6.18. The monoisotopic (exact) mass is 500 g/mol. The van der Waals surface area contributed by atoms with Gasteiger partial charge in [0.2, 0.25) is 5.69 Å². The van der Waals surface area contributed by atoms with E-state index in [1.54, 1.807) is 26.0 Å². The van der Waals surface area contributed by atoms with Gasteiger partial charge in [0, 0.05) is 23.2 Å². The number of carbonyl (C=O) groups excluding carboxylic acids is 2. The number of aromatic hydroxyl groups is 1. The van der Waals surface area contributed by atoms with Crippen molar-refractivity contribution in [3.05, 3.63) is 61.8 Å². The molecule has 2 aliphatic carbocycles. The largest absolute Gasteiger partial charge is 0.503 e. The Bertz CT molecular complexity index is 1350. The molecule has 0 atom stereocenters. The smallest absolute Gasteiger partial charge is 0.271 e. The lowest BCUT2D eigenvalue weighted by atomic mass is 9.89. The molecule has 2 heterocycles. The van der Waals surface area contributed by atoms with Crippen molar-refractivity contribution in [3.63, 3.8) is 0 Å². The maximum absolute atomic E-state index is 13.4. The first-order chi connectivity index (χ1) is 17.8. The summed E-state index contributed by atoms with van der Waals surface area (Å²) >= 11 is 0. The molecule has 0 unspecified atom stereocenters. The van der Waals surface area contributed by atoms with Crippen LogP contribution in [0.25, 0.3) is 10.9 Å².